The molecule has 0 amide bonds. The van der Waals surface area contributed by atoms with Gasteiger partial charge in [0.05, 0.1) is 15.5 Å². The third-order valence-electron chi connectivity index (χ3n) is 5.26. The maximum absolute atomic E-state index is 13.3. The van der Waals surface area contributed by atoms with Gasteiger partial charge in [-0.15, -0.1) is 0 Å². The van der Waals surface area contributed by atoms with E-state index in [1.54, 1.807) is 42.5 Å². The van der Waals surface area contributed by atoms with E-state index in [0.717, 1.165) is 31.7 Å². The highest BCUT2D eigenvalue weighted by Gasteiger charge is 2.44. The molecule has 1 unspecified atom stereocenters. The Morgan fingerprint density at radius 3 is 2.44 bits per heavy atom. The normalized spacial score (nSPS) is 23.7. The predicted molar refractivity (Wildman–Crippen MR) is 107 cm³/mol. The van der Waals surface area contributed by atoms with Gasteiger partial charge >= 0.3 is 0 Å². The molecule has 2 aliphatic heterocycles. The lowest BCUT2D eigenvalue weighted by atomic mass is 10.0. The number of nitrogens with zero attached hydrogens (tertiary/aromatic N) is 1. The molecule has 0 saturated carbocycles. The second-order valence-electron chi connectivity index (χ2n) is 7.04. The van der Waals surface area contributed by atoms with E-state index in [0.29, 0.717) is 17.0 Å². The molecule has 0 spiro atoms. The maximum Gasteiger partial charge on any atom is 0.187 e. The smallest absolute Gasteiger partial charge is 0.187 e. The summed E-state index contributed by atoms with van der Waals surface area (Å²) in [6.07, 6.45) is 0. The van der Waals surface area contributed by atoms with Crippen LogP contribution in [0.4, 0.5) is 0 Å². The van der Waals surface area contributed by atoms with Crippen LogP contribution in [0.5, 0.6) is 0 Å². The summed E-state index contributed by atoms with van der Waals surface area (Å²) in [7, 11) is -6.84. The van der Waals surface area contributed by atoms with Gasteiger partial charge in [-0.3, -0.25) is 14.0 Å². The van der Waals surface area contributed by atoms with Crippen molar-refractivity contribution >= 4 is 20.4 Å². The average Bonchev–Trinajstić information content (AvgIpc) is 2.96. The molecule has 146 valence electrons. The van der Waals surface area contributed by atoms with Crippen LogP contribution in [0.25, 0.3) is 0 Å². The molecule has 0 radical (unpaired) electrons. The first-order valence-corrected chi connectivity index (χ1v) is 12.3. The zero-order valence-corrected chi connectivity index (χ0v) is 16.5. The first kappa shape index (κ1) is 18.9. The minimum atomic E-state index is -3.72. The van der Waals surface area contributed by atoms with Gasteiger partial charge in [0.2, 0.25) is 0 Å². The fourth-order valence-corrected chi connectivity index (χ4v) is 8.40. The Morgan fingerprint density at radius 2 is 1.74 bits per heavy atom. The first-order valence-electron chi connectivity index (χ1n) is 8.99. The molecule has 0 bridgehead atoms. The Labute approximate surface area is 161 Å². The molecule has 1 atom stereocenters. The number of rotatable bonds is 4. The summed E-state index contributed by atoms with van der Waals surface area (Å²) < 4.78 is 47.8. The van der Waals surface area contributed by atoms with Crippen molar-refractivity contribution in [2.45, 2.75) is 21.6 Å². The van der Waals surface area contributed by atoms with Crippen LogP contribution in [0.2, 0.25) is 0 Å². The van der Waals surface area contributed by atoms with Gasteiger partial charge in [0, 0.05) is 32.7 Å². The average molecular weight is 409 g/mol. The Bertz CT molecular complexity index is 926. The molecular weight excluding hydrogens is 384 g/mol. The van der Waals surface area contributed by atoms with Crippen LogP contribution < -0.4 is 5.32 Å². The van der Waals surface area contributed by atoms with Gasteiger partial charge in [-0.1, -0.05) is 30.3 Å². The summed E-state index contributed by atoms with van der Waals surface area (Å²) >= 11 is 0. The number of sulfone groups is 1. The molecule has 1 saturated heterocycles. The minimum absolute atomic E-state index is 0.169. The summed E-state index contributed by atoms with van der Waals surface area (Å²) in [6, 6.07) is 13.6. The third-order valence-corrected chi connectivity index (χ3v) is 9.41. The van der Waals surface area contributed by atoms with Crippen molar-refractivity contribution in [1.29, 1.82) is 0 Å². The van der Waals surface area contributed by atoms with Crippen LogP contribution >= 0.6 is 10.6 Å². The van der Waals surface area contributed by atoms with E-state index in [1.807, 2.05) is 6.07 Å². The highest BCUT2D eigenvalue weighted by Crippen LogP contribution is 2.62. The number of nitrogens with one attached hydrogen (secondary N) is 1. The predicted octanol–water partition coefficient (Wildman–Crippen LogP) is 2.73. The van der Waals surface area contributed by atoms with Gasteiger partial charge in [-0.2, -0.15) is 10.6 Å². The largest absolute Gasteiger partial charge is 0.314 e. The molecule has 0 aliphatic carbocycles. The van der Waals surface area contributed by atoms with Crippen LogP contribution in [0.1, 0.15) is 16.4 Å². The van der Waals surface area contributed by atoms with Gasteiger partial charge in [0.1, 0.15) is 5.25 Å². The van der Waals surface area contributed by atoms with E-state index in [-0.39, 0.29) is 10.6 Å². The van der Waals surface area contributed by atoms with Crippen LogP contribution in [-0.2, 0) is 16.4 Å². The van der Waals surface area contributed by atoms with Crippen molar-refractivity contribution in [3.63, 3.8) is 0 Å². The molecule has 8 heteroatoms. The van der Waals surface area contributed by atoms with E-state index in [4.69, 9.17) is 0 Å². The molecule has 2 aromatic rings. The highest BCUT2D eigenvalue weighted by molar-refractivity contribution is 8.25. The lowest BCUT2D eigenvalue weighted by Gasteiger charge is -2.29. The summed E-state index contributed by atoms with van der Waals surface area (Å²) in [4.78, 5) is 2.87. The molecule has 27 heavy (non-hydrogen) atoms. The molecular formula is C19H24N2O4S2. The maximum atomic E-state index is 13.3. The zero-order chi connectivity index (χ0) is 19.1. The Morgan fingerprint density at radius 1 is 1.04 bits per heavy atom. The van der Waals surface area contributed by atoms with Gasteiger partial charge in [0.25, 0.3) is 0 Å². The number of hydrogen-bond donors (Lipinski definition) is 3. The molecule has 0 aromatic heterocycles. The van der Waals surface area contributed by atoms with Crippen molar-refractivity contribution in [2.75, 3.05) is 31.9 Å². The molecule has 1 fully saturated rings. The summed E-state index contributed by atoms with van der Waals surface area (Å²) in [6.45, 7) is 4.18. The zero-order valence-electron chi connectivity index (χ0n) is 14.9. The minimum Gasteiger partial charge on any atom is -0.314 e. The fourth-order valence-electron chi connectivity index (χ4n) is 3.89. The van der Waals surface area contributed by atoms with Crippen molar-refractivity contribution in [3.05, 3.63) is 59.7 Å². The topological polar surface area (TPSA) is 89.9 Å². The standard InChI is InChI=1S/C19H24N2O4S2/c22-26(23)14-18(27(24,25)16-6-2-1-3-7-16)19-15(5-4-8-17(19)26)13-21-11-9-20-10-12-21/h1-8,18,20,22-23H,9-14H2. The lowest BCUT2D eigenvalue weighted by molar-refractivity contribution is 0.232. The molecule has 2 heterocycles. The van der Waals surface area contributed by atoms with Gasteiger partial charge in [-0.25, -0.2) is 8.42 Å². The molecule has 6 nitrogen and oxygen atoms in total. The molecule has 2 aliphatic rings. The number of piperazine rings is 1. The highest BCUT2D eigenvalue weighted by atomic mass is 32.3. The lowest BCUT2D eigenvalue weighted by Crippen LogP contribution is -2.43. The number of fused-ring (bicyclic) bond motifs is 1. The molecule has 3 N–H and O–H groups in total. The van der Waals surface area contributed by atoms with Crippen LogP contribution in [-0.4, -0.2) is 54.4 Å². The van der Waals surface area contributed by atoms with E-state index in [9.17, 15) is 17.5 Å². The fraction of sp³-hybridized carbons (Fsp3) is 0.368. The third kappa shape index (κ3) is 3.53. The van der Waals surface area contributed by atoms with Crippen molar-refractivity contribution in [3.8, 4) is 0 Å². The van der Waals surface area contributed by atoms with E-state index < -0.39 is 25.7 Å². The van der Waals surface area contributed by atoms with Crippen molar-refractivity contribution in [2.24, 2.45) is 0 Å². The van der Waals surface area contributed by atoms with E-state index in [2.05, 4.69) is 10.2 Å². The Balaban J connectivity index is 1.78. The van der Waals surface area contributed by atoms with Gasteiger partial charge < -0.3 is 5.32 Å². The monoisotopic (exact) mass is 408 g/mol. The number of hydrogen-bond acceptors (Lipinski definition) is 6. The van der Waals surface area contributed by atoms with Crippen LogP contribution in [0.15, 0.2) is 58.3 Å². The summed E-state index contributed by atoms with van der Waals surface area (Å²) in [5, 5.41) is 2.38. The summed E-state index contributed by atoms with van der Waals surface area (Å²) in [5.41, 5.74) is 1.45. The van der Waals surface area contributed by atoms with Crippen LogP contribution in [0, 0.1) is 0 Å². The number of benzene rings is 2. The molecule has 4 rings (SSSR count). The Hall–Kier alpha value is -1.42. The van der Waals surface area contributed by atoms with Gasteiger partial charge in [0.15, 0.2) is 9.84 Å². The van der Waals surface area contributed by atoms with Crippen molar-refractivity contribution < 1.29 is 17.5 Å². The van der Waals surface area contributed by atoms with E-state index >= 15 is 0 Å². The second kappa shape index (κ2) is 7.20. The molecule has 2 aromatic carbocycles. The second-order valence-corrected chi connectivity index (χ2v) is 11.3. The van der Waals surface area contributed by atoms with Crippen molar-refractivity contribution in [1.82, 2.24) is 10.2 Å². The first-order chi connectivity index (χ1) is 12.9. The van der Waals surface area contributed by atoms with Gasteiger partial charge in [-0.05, 0) is 29.3 Å². The summed E-state index contributed by atoms with van der Waals surface area (Å²) in [5.74, 6) is -0.169. The SMILES string of the molecule is O=S(=O)(c1ccccc1)C1CS(O)(O)c2cccc(CN3CCNCC3)c21. The van der Waals surface area contributed by atoms with E-state index in [1.165, 1.54) is 0 Å². The van der Waals surface area contributed by atoms with Crippen LogP contribution in [0.3, 0.4) is 0 Å². The quantitative estimate of drug-likeness (QED) is 0.721. The Kier molecular flexibility index (Phi) is 5.04.